The van der Waals surface area contributed by atoms with Gasteiger partial charge in [0.2, 0.25) is 5.91 Å². The molecular weight excluding hydrogens is 575 g/mol. The van der Waals surface area contributed by atoms with E-state index in [2.05, 4.69) is 4.74 Å². The maximum Gasteiger partial charge on any atom is 0.573 e. The SMILES string of the molecule is CC(=O)N(Cc1cc(C(F)(F)F)cc(C(F)(F)F)c1)C1CCCN(C(=O)OC(C)C)c2c(OC(F)(F)F)cccc21. The monoisotopic (exact) mass is 600 g/mol. The molecule has 0 spiro atoms. The second-order valence-electron chi connectivity index (χ2n) is 9.55. The van der Waals surface area contributed by atoms with Gasteiger partial charge in [-0.2, -0.15) is 26.3 Å². The lowest BCUT2D eigenvalue weighted by Crippen LogP contribution is -2.35. The van der Waals surface area contributed by atoms with Gasteiger partial charge >= 0.3 is 24.8 Å². The van der Waals surface area contributed by atoms with Gasteiger partial charge in [0.1, 0.15) is 0 Å². The number of ether oxygens (including phenoxy) is 2. The largest absolute Gasteiger partial charge is 0.573 e. The summed E-state index contributed by atoms with van der Waals surface area (Å²) in [6.45, 7) is 3.12. The highest BCUT2D eigenvalue weighted by atomic mass is 19.4. The fourth-order valence-corrected chi connectivity index (χ4v) is 4.53. The first-order valence-corrected chi connectivity index (χ1v) is 12.2. The second kappa shape index (κ2) is 11.7. The second-order valence-corrected chi connectivity index (χ2v) is 9.55. The number of carbonyl (C=O) groups is 2. The van der Waals surface area contributed by atoms with Gasteiger partial charge in [0.05, 0.1) is 29.0 Å². The van der Waals surface area contributed by atoms with Gasteiger partial charge in [0, 0.05) is 25.6 Å². The summed E-state index contributed by atoms with van der Waals surface area (Å²) in [6, 6.07) is 3.13. The number of amides is 2. The first-order chi connectivity index (χ1) is 18.8. The summed E-state index contributed by atoms with van der Waals surface area (Å²) in [5.41, 5.74) is -4.11. The summed E-state index contributed by atoms with van der Waals surface area (Å²) in [4.78, 5) is 27.5. The normalized spacial score (nSPS) is 16.2. The predicted octanol–water partition coefficient (Wildman–Crippen LogP) is 7.86. The molecular formula is C26H25F9N2O4. The third-order valence-electron chi connectivity index (χ3n) is 6.08. The topological polar surface area (TPSA) is 59.1 Å². The summed E-state index contributed by atoms with van der Waals surface area (Å²) in [7, 11) is 0. The van der Waals surface area contributed by atoms with Gasteiger partial charge < -0.3 is 14.4 Å². The Morgan fingerprint density at radius 1 is 0.976 bits per heavy atom. The number of fused-ring (bicyclic) bond motifs is 1. The van der Waals surface area contributed by atoms with Crippen molar-refractivity contribution in [2.24, 2.45) is 0 Å². The Bertz CT molecular complexity index is 1240. The van der Waals surface area contributed by atoms with E-state index < -0.39 is 71.8 Å². The molecule has 1 aliphatic heterocycles. The van der Waals surface area contributed by atoms with Gasteiger partial charge in [0.25, 0.3) is 0 Å². The Hall–Kier alpha value is -3.65. The molecule has 1 heterocycles. The third-order valence-corrected chi connectivity index (χ3v) is 6.08. The average Bonchev–Trinajstić information content (AvgIpc) is 3.00. The van der Waals surface area contributed by atoms with Gasteiger partial charge in [-0.25, -0.2) is 4.79 Å². The maximum atomic E-state index is 13.4. The molecule has 2 aromatic carbocycles. The molecule has 15 heteroatoms. The molecule has 1 atom stereocenters. The number of halogens is 9. The Kier molecular flexibility index (Phi) is 9.08. The molecule has 2 aromatic rings. The zero-order valence-corrected chi connectivity index (χ0v) is 21.9. The van der Waals surface area contributed by atoms with E-state index in [4.69, 9.17) is 4.74 Å². The first-order valence-electron chi connectivity index (χ1n) is 12.2. The van der Waals surface area contributed by atoms with Gasteiger partial charge in [-0.15, -0.1) is 13.2 Å². The van der Waals surface area contributed by atoms with Crippen molar-refractivity contribution < 1.29 is 58.6 Å². The van der Waals surface area contributed by atoms with Crippen LogP contribution in [0.5, 0.6) is 5.75 Å². The Balaban J connectivity index is 2.17. The fourth-order valence-electron chi connectivity index (χ4n) is 4.53. The van der Waals surface area contributed by atoms with Crippen LogP contribution in [0.15, 0.2) is 36.4 Å². The lowest BCUT2D eigenvalue weighted by molar-refractivity contribution is -0.274. The Labute approximate surface area is 228 Å². The lowest BCUT2D eigenvalue weighted by Gasteiger charge is -2.33. The molecule has 6 nitrogen and oxygen atoms in total. The highest BCUT2D eigenvalue weighted by Gasteiger charge is 2.40. The number of anilines is 1. The van der Waals surface area contributed by atoms with E-state index in [9.17, 15) is 49.1 Å². The quantitative estimate of drug-likeness (QED) is 0.328. The van der Waals surface area contributed by atoms with E-state index in [0.29, 0.717) is 12.1 Å². The molecule has 3 rings (SSSR count). The van der Waals surface area contributed by atoms with Crippen molar-refractivity contribution in [1.29, 1.82) is 0 Å². The van der Waals surface area contributed by atoms with E-state index in [-0.39, 0.29) is 36.7 Å². The number of hydrogen-bond acceptors (Lipinski definition) is 4. The summed E-state index contributed by atoms with van der Waals surface area (Å²) < 4.78 is 130. The molecule has 1 aliphatic rings. The van der Waals surface area contributed by atoms with Crippen molar-refractivity contribution in [3.05, 3.63) is 58.7 Å². The molecule has 2 amide bonds. The van der Waals surface area contributed by atoms with Crippen LogP contribution < -0.4 is 9.64 Å². The van der Waals surface area contributed by atoms with Crippen molar-refractivity contribution >= 4 is 17.7 Å². The molecule has 0 N–H and O–H groups in total. The molecule has 0 radical (unpaired) electrons. The zero-order chi connectivity index (χ0) is 30.9. The van der Waals surface area contributed by atoms with Crippen molar-refractivity contribution in [2.75, 3.05) is 11.4 Å². The van der Waals surface area contributed by atoms with E-state index in [0.717, 1.165) is 28.9 Å². The first kappa shape index (κ1) is 31.9. The van der Waals surface area contributed by atoms with Crippen LogP contribution in [0.2, 0.25) is 0 Å². The molecule has 226 valence electrons. The predicted molar refractivity (Wildman–Crippen MR) is 127 cm³/mol. The van der Waals surface area contributed by atoms with Gasteiger partial charge in [-0.3, -0.25) is 9.69 Å². The summed E-state index contributed by atoms with van der Waals surface area (Å²) in [5.74, 6) is -1.59. The minimum Gasteiger partial charge on any atom is -0.446 e. The molecule has 0 aromatic heterocycles. The molecule has 0 bridgehead atoms. The Morgan fingerprint density at radius 3 is 2.05 bits per heavy atom. The summed E-state index contributed by atoms with van der Waals surface area (Å²) >= 11 is 0. The number of alkyl halides is 9. The van der Waals surface area contributed by atoms with Crippen molar-refractivity contribution in [3.8, 4) is 5.75 Å². The lowest BCUT2D eigenvalue weighted by atomic mass is 9.97. The Morgan fingerprint density at radius 2 is 1.56 bits per heavy atom. The van der Waals surface area contributed by atoms with Gasteiger partial charge in [0.15, 0.2) is 5.75 Å². The van der Waals surface area contributed by atoms with Crippen LogP contribution in [0.1, 0.15) is 61.9 Å². The fraction of sp³-hybridized carbons (Fsp3) is 0.462. The van der Waals surface area contributed by atoms with E-state index >= 15 is 0 Å². The number of hydrogen-bond donors (Lipinski definition) is 0. The number of benzene rings is 2. The number of para-hydroxylation sites is 1. The average molecular weight is 600 g/mol. The van der Waals surface area contributed by atoms with E-state index in [1.165, 1.54) is 19.9 Å². The molecule has 1 unspecified atom stereocenters. The van der Waals surface area contributed by atoms with Crippen LogP contribution in [-0.4, -0.2) is 35.9 Å². The number of carbonyl (C=O) groups excluding carboxylic acids is 2. The molecule has 0 saturated carbocycles. The van der Waals surface area contributed by atoms with Gasteiger partial charge in [-0.05, 0) is 56.5 Å². The van der Waals surface area contributed by atoms with Crippen LogP contribution in [0.25, 0.3) is 0 Å². The van der Waals surface area contributed by atoms with E-state index in [1.54, 1.807) is 0 Å². The molecule has 41 heavy (non-hydrogen) atoms. The number of rotatable bonds is 5. The number of nitrogens with zero attached hydrogens (tertiary/aromatic N) is 2. The standard InChI is InChI=1S/C26H25F9N2O4/c1-14(2)40-23(39)36-9-5-7-20(19-6-4-8-21(22(19)36)41-26(33,34)35)37(15(3)38)13-16-10-17(24(27,28)29)12-18(11-16)25(30,31)32/h4,6,8,10-12,14,20H,5,7,9,13H2,1-3H3. The van der Waals surface area contributed by atoms with Crippen LogP contribution in [-0.2, 0) is 28.4 Å². The molecule has 0 aliphatic carbocycles. The minimum atomic E-state index is -5.18. The molecule has 0 fully saturated rings. The minimum absolute atomic E-state index is 0.00139. The highest BCUT2D eigenvalue weighted by Crippen LogP contribution is 2.45. The van der Waals surface area contributed by atoms with Crippen LogP contribution in [0.4, 0.5) is 50.0 Å². The van der Waals surface area contributed by atoms with Crippen molar-refractivity contribution in [3.63, 3.8) is 0 Å². The highest BCUT2D eigenvalue weighted by molar-refractivity contribution is 5.91. The zero-order valence-electron chi connectivity index (χ0n) is 21.9. The maximum absolute atomic E-state index is 13.4. The van der Waals surface area contributed by atoms with Crippen LogP contribution in [0.3, 0.4) is 0 Å². The van der Waals surface area contributed by atoms with Gasteiger partial charge in [-0.1, -0.05) is 12.1 Å². The smallest absolute Gasteiger partial charge is 0.446 e. The van der Waals surface area contributed by atoms with E-state index in [1.807, 2.05) is 0 Å². The van der Waals surface area contributed by atoms with Crippen molar-refractivity contribution in [1.82, 2.24) is 4.90 Å². The molecule has 0 saturated heterocycles. The third kappa shape index (κ3) is 7.97. The summed E-state index contributed by atoms with van der Waals surface area (Å²) in [5, 5.41) is 0. The van der Waals surface area contributed by atoms with Crippen LogP contribution in [0, 0.1) is 0 Å². The summed E-state index contributed by atoms with van der Waals surface area (Å²) in [6.07, 6.45) is -17.0. The van der Waals surface area contributed by atoms with Crippen molar-refractivity contribution in [2.45, 2.75) is 71.0 Å². The van der Waals surface area contributed by atoms with Crippen LogP contribution >= 0.6 is 0 Å².